The smallest absolute Gasteiger partial charge is 0.0823 e. The van der Waals surface area contributed by atoms with E-state index in [1.165, 1.54) is 0 Å². The van der Waals surface area contributed by atoms with E-state index in [2.05, 4.69) is 18.2 Å². The summed E-state index contributed by atoms with van der Waals surface area (Å²) >= 11 is 0. The van der Waals surface area contributed by atoms with E-state index < -0.39 is 0 Å². The van der Waals surface area contributed by atoms with Gasteiger partial charge in [0, 0.05) is 5.69 Å². The molecule has 2 aliphatic rings. The number of nitriles is 2. The fourth-order valence-corrected chi connectivity index (χ4v) is 3.19. The molecule has 2 N–H and O–H groups in total. The molecule has 3 nitrogen and oxygen atoms in total. The number of rotatable bonds is 2. The zero-order valence-electron chi connectivity index (χ0n) is 10.9. The lowest BCUT2D eigenvalue weighted by molar-refractivity contribution is 0.314. The van der Waals surface area contributed by atoms with Crippen LogP contribution in [-0.4, -0.2) is 0 Å². The summed E-state index contributed by atoms with van der Waals surface area (Å²) in [5, 5.41) is 18.9. The molecular formula is C16H17N3. The third-order valence-corrected chi connectivity index (χ3v) is 4.90. The first-order valence-electron chi connectivity index (χ1n) is 6.88. The Labute approximate surface area is 113 Å². The highest BCUT2D eigenvalue weighted by Crippen LogP contribution is 2.48. The topological polar surface area (TPSA) is 73.6 Å². The van der Waals surface area contributed by atoms with Crippen molar-refractivity contribution < 1.29 is 0 Å². The molecule has 0 heterocycles. The molecule has 0 aliphatic heterocycles. The van der Waals surface area contributed by atoms with Gasteiger partial charge in [0.25, 0.3) is 0 Å². The molecule has 2 fully saturated rings. The molecular weight excluding hydrogens is 234 g/mol. The fraction of sp³-hybridized carbons (Fsp3) is 0.500. The highest BCUT2D eigenvalue weighted by Gasteiger charge is 2.43. The van der Waals surface area contributed by atoms with E-state index in [1.54, 1.807) is 0 Å². The molecule has 0 radical (unpaired) electrons. The zero-order chi connectivity index (χ0) is 13.5. The van der Waals surface area contributed by atoms with Gasteiger partial charge in [-0.05, 0) is 61.8 Å². The van der Waals surface area contributed by atoms with Crippen LogP contribution < -0.4 is 5.73 Å². The Morgan fingerprint density at radius 2 is 1.26 bits per heavy atom. The van der Waals surface area contributed by atoms with Gasteiger partial charge in [-0.25, -0.2) is 0 Å². The van der Waals surface area contributed by atoms with Crippen molar-refractivity contribution in [2.75, 3.05) is 5.73 Å². The molecule has 0 atom stereocenters. The van der Waals surface area contributed by atoms with Crippen molar-refractivity contribution in [1.29, 1.82) is 10.5 Å². The van der Waals surface area contributed by atoms with E-state index in [4.69, 9.17) is 5.73 Å². The number of hydrogen-bond donors (Lipinski definition) is 1. The van der Waals surface area contributed by atoms with Gasteiger partial charge in [0.15, 0.2) is 0 Å². The molecule has 2 aliphatic carbocycles. The number of nitrogen functional groups attached to an aromatic ring is 1. The summed E-state index contributed by atoms with van der Waals surface area (Å²) < 4.78 is 0. The minimum absolute atomic E-state index is 0.357. The number of nitrogens with two attached hydrogens (primary N) is 1. The molecule has 1 aromatic carbocycles. The van der Waals surface area contributed by atoms with Gasteiger partial charge in [-0.3, -0.25) is 0 Å². The zero-order valence-corrected chi connectivity index (χ0v) is 10.9. The van der Waals surface area contributed by atoms with Crippen LogP contribution >= 0.6 is 0 Å². The molecule has 0 saturated heterocycles. The highest BCUT2D eigenvalue weighted by atomic mass is 14.6. The second kappa shape index (κ2) is 4.00. The molecule has 0 unspecified atom stereocenters. The van der Waals surface area contributed by atoms with Crippen LogP contribution in [0.25, 0.3) is 0 Å². The van der Waals surface area contributed by atoms with Gasteiger partial charge < -0.3 is 5.73 Å². The van der Waals surface area contributed by atoms with Crippen LogP contribution in [0.5, 0.6) is 0 Å². The lowest BCUT2D eigenvalue weighted by atomic mass is 9.62. The summed E-state index contributed by atoms with van der Waals surface area (Å²) in [4.78, 5) is 0. The van der Waals surface area contributed by atoms with Gasteiger partial charge in [-0.2, -0.15) is 10.5 Å². The maximum atomic E-state index is 9.45. The third kappa shape index (κ3) is 1.62. The Kier molecular flexibility index (Phi) is 2.54. The largest absolute Gasteiger partial charge is 0.399 e. The standard InChI is InChI=1S/C16H17N3/c17-10-15(3-1-4-15)12-7-13(9-14(19)8-12)16(11-18)5-2-6-16/h7-9H,1-6,19H2. The quantitative estimate of drug-likeness (QED) is 0.820. The fourth-order valence-electron chi connectivity index (χ4n) is 3.19. The van der Waals surface area contributed by atoms with Crippen molar-refractivity contribution in [3.8, 4) is 12.1 Å². The predicted molar refractivity (Wildman–Crippen MR) is 73.1 cm³/mol. The molecule has 19 heavy (non-hydrogen) atoms. The third-order valence-electron chi connectivity index (χ3n) is 4.90. The number of nitrogens with zero attached hydrogens (tertiary/aromatic N) is 2. The first-order chi connectivity index (χ1) is 9.14. The van der Waals surface area contributed by atoms with Crippen molar-refractivity contribution in [2.24, 2.45) is 0 Å². The summed E-state index contributed by atoms with van der Waals surface area (Å²) in [6.07, 6.45) is 5.83. The predicted octanol–water partition coefficient (Wildman–Crippen LogP) is 3.16. The Balaban J connectivity index is 2.07. The average Bonchev–Trinajstić information content (AvgIpc) is 2.27. The Morgan fingerprint density at radius 3 is 1.53 bits per heavy atom. The van der Waals surface area contributed by atoms with Crippen molar-refractivity contribution in [1.82, 2.24) is 0 Å². The maximum absolute atomic E-state index is 9.45. The molecule has 2 saturated carbocycles. The van der Waals surface area contributed by atoms with E-state index >= 15 is 0 Å². The lowest BCUT2D eigenvalue weighted by Gasteiger charge is -2.39. The molecule has 0 bridgehead atoms. The summed E-state index contributed by atoms with van der Waals surface area (Å²) in [6, 6.07) is 10.8. The molecule has 3 heteroatoms. The molecule has 1 aromatic rings. The van der Waals surface area contributed by atoms with Crippen molar-refractivity contribution in [3.05, 3.63) is 29.3 Å². The molecule has 0 amide bonds. The van der Waals surface area contributed by atoms with Crippen LogP contribution in [0.4, 0.5) is 5.69 Å². The first kappa shape index (κ1) is 12.1. The minimum Gasteiger partial charge on any atom is -0.399 e. The minimum atomic E-state index is -0.357. The molecule has 0 aromatic heterocycles. The lowest BCUT2D eigenvalue weighted by Crippen LogP contribution is -2.35. The van der Waals surface area contributed by atoms with Crippen LogP contribution in [0.1, 0.15) is 49.7 Å². The normalized spacial score (nSPS) is 22.4. The van der Waals surface area contributed by atoms with Gasteiger partial charge in [0.2, 0.25) is 0 Å². The molecule has 0 spiro atoms. The van der Waals surface area contributed by atoms with Gasteiger partial charge in [-0.15, -0.1) is 0 Å². The molecule has 96 valence electrons. The van der Waals surface area contributed by atoms with Gasteiger partial charge in [0.1, 0.15) is 0 Å². The van der Waals surface area contributed by atoms with Crippen molar-refractivity contribution in [3.63, 3.8) is 0 Å². The van der Waals surface area contributed by atoms with Crippen molar-refractivity contribution >= 4 is 5.69 Å². The van der Waals surface area contributed by atoms with Crippen LogP contribution in [0.15, 0.2) is 18.2 Å². The Morgan fingerprint density at radius 1 is 0.842 bits per heavy atom. The van der Waals surface area contributed by atoms with Crippen LogP contribution in [0.2, 0.25) is 0 Å². The van der Waals surface area contributed by atoms with E-state index in [0.717, 1.165) is 49.7 Å². The highest BCUT2D eigenvalue weighted by molar-refractivity contribution is 5.53. The van der Waals surface area contributed by atoms with Gasteiger partial charge in [-0.1, -0.05) is 6.07 Å². The van der Waals surface area contributed by atoms with E-state index in [0.29, 0.717) is 5.69 Å². The van der Waals surface area contributed by atoms with Crippen LogP contribution in [0, 0.1) is 22.7 Å². The maximum Gasteiger partial charge on any atom is 0.0823 e. The van der Waals surface area contributed by atoms with Crippen molar-refractivity contribution in [2.45, 2.75) is 49.4 Å². The second-order valence-electron chi connectivity index (χ2n) is 5.94. The van der Waals surface area contributed by atoms with E-state index in [1.807, 2.05) is 12.1 Å². The van der Waals surface area contributed by atoms with Crippen LogP contribution in [-0.2, 0) is 10.8 Å². The molecule has 3 rings (SSSR count). The number of anilines is 1. The monoisotopic (exact) mass is 251 g/mol. The van der Waals surface area contributed by atoms with E-state index in [9.17, 15) is 10.5 Å². The SMILES string of the molecule is N#CC1(c2cc(N)cc(C3(C#N)CCC3)c2)CCC1. The summed E-state index contributed by atoms with van der Waals surface area (Å²) in [5.74, 6) is 0. The van der Waals surface area contributed by atoms with Crippen LogP contribution in [0.3, 0.4) is 0 Å². The second-order valence-corrected chi connectivity index (χ2v) is 5.94. The van der Waals surface area contributed by atoms with Gasteiger partial charge in [0.05, 0.1) is 23.0 Å². The number of hydrogen-bond acceptors (Lipinski definition) is 3. The Bertz CT molecular complexity index is 545. The summed E-state index contributed by atoms with van der Waals surface area (Å²) in [5.41, 5.74) is 7.99. The average molecular weight is 251 g/mol. The Hall–Kier alpha value is -2.00. The van der Waals surface area contributed by atoms with E-state index in [-0.39, 0.29) is 10.8 Å². The first-order valence-corrected chi connectivity index (χ1v) is 6.88. The summed E-state index contributed by atoms with van der Waals surface area (Å²) in [7, 11) is 0. The number of benzene rings is 1. The summed E-state index contributed by atoms with van der Waals surface area (Å²) in [6.45, 7) is 0. The van der Waals surface area contributed by atoms with Gasteiger partial charge >= 0.3 is 0 Å².